The predicted octanol–water partition coefficient (Wildman–Crippen LogP) is 0.660. The molecule has 0 spiro atoms. The number of piperazine rings is 1. The van der Waals surface area contributed by atoms with Gasteiger partial charge in [0.1, 0.15) is 17.6 Å². The first-order valence-electron chi connectivity index (χ1n) is 10.8. The summed E-state index contributed by atoms with van der Waals surface area (Å²) < 4.78 is 14.8. The molecule has 0 bridgehead atoms. The maximum Gasteiger partial charge on any atom is 0.270 e. The molecule has 176 valence electrons. The molecule has 34 heavy (non-hydrogen) atoms. The van der Waals surface area contributed by atoms with Crippen LogP contribution < -0.4 is 16.3 Å². The van der Waals surface area contributed by atoms with E-state index in [1.165, 1.54) is 45.0 Å². The molecule has 12 heteroatoms. The van der Waals surface area contributed by atoms with E-state index in [1.807, 2.05) is 5.38 Å². The van der Waals surface area contributed by atoms with Gasteiger partial charge in [-0.2, -0.15) is 5.10 Å². The lowest BCUT2D eigenvalue weighted by molar-refractivity contribution is -0.125. The van der Waals surface area contributed by atoms with Gasteiger partial charge in [0.25, 0.3) is 11.5 Å². The molecule has 0 aliphatic carbocycles. The van der Waals surface area contributed by atoms with Gasteiger partial charge in [-0.05, 0) is 24.3 Å². The molecule has 1 atom stereocenters. The number of nitrogens with zero attached hydrogens (tertiary/aromatic N) is 6. The highest BCUT2D eigenvalue weighted by molar-refractivity contribution is 7.15. The van der Waals surface area contributed by atoms with Gasteiger partial charge in [-0.15, -0.1) is 11.3 Å². The monoisotopic (exact) mass is 483 g/mol. The summed E-state index contributed by atoms with van der Waals surface area (Å²) in [5.41, 5.74) is 6.87. The molecule has 2 amide bonds. The molecule has 2 aliphatic heterocycles. The van der Waals surface area contributed by atoms with Crippen molar-refractivity contribution < 1.29 is 14.0 Å². The maximum absolute atomic E-state index is 13.3. The molecule has 10 nitrogen and oxygen atoms in total. The van der Waals surface area contributed by atoms with E-state index < -0.39 is 17.8 Å². The van der Waals surface area contributed by atoms with Crippen LogP contribution in [0.1, 0.15) is 12.1 Å². The highest BCUT2D eigenvalue weighted by Gasteiger charge is 2.37. The number of carbonyl (C=O) groups is 2. The number of thiazole rings is 1. The van der Waals surface area contributed by atoms with Crippen LogP contribution in [0.4, 0.5) is 10.1 Å². The van der Waals surface area contributed by atoms with Gasteiger partial charge in [-0.3, -0.25) is 28.7 Å². The first kappa shape index (κ1) is 22.2. The Morgan fingerprint density at radius 2 is 1.88 bits per heavy atom. The summed E-state index contributed by atoms with van der Waals surface area (Å²) in [6.07, 6.45) is 1.80. The van der Waals surface area contributed by atoms with Crippen molar-refractivity contribution in [1.29, 1.82) is 0 Å². The molecule has 1 unspecified atom stereocenters. The van der Waals surface area contributed by atoms with Gasteiger partial charge >= 0.3 is 0 Å². The lowest BCUT2D eigenvalue weighted by Gasteiger charge is -2.34. The van der Waals surface area contributed by atoms with Gasteiger partial charge in [0, 0.05) is 56.8 Å². The SMILES string of the molecule is NC(=O)C1CC(C(=O)N2CCN(Cc3cc(=O)n4ccsc4n3)CC2)=NN1c1ccc(F)cc1. The average Bonchev–Trinajstić information content (AvgIpc) is 3.48. The first-order valence-corrected chi connectivity index (χ1v) is 11.7. The highest BCUT2D eigenvalue weighted by Crippen LogP contribution is 2.25. The van der Waals surface area contributed by atoms with Crippen molar-refractivity contribution >= 4 is 39.5 Å². The number of carbonyl (C=O) groups excluding carboxylic acids is 2. The average molecular weight is 484 g/mol. The lowest BCUT2D eigenvalue weighted by atomic mass is 10.1. The number of nitrogens with two attached hydrogens (primary N) is 1. The summed E-state index contributed by atoms with van der Waals surface area (Å²) in [4.78, 5) is 46.3. The van der Waals surface area contributed by atoms with E-state index in [0.29, 0.717) is 49.1 Å². The molecule has 0 saturated carbocycles. The van der Waals surface area contributed by atoms with Crippen LogP contribution in [0, 0.1) is 5.82 Å². The molecule has 3 aromatic rings. The molecule has 1 saturated heterocycles. The quantitative estimate of drug-likeness (QED) is 0.570. The van der Waals surface area contributed by atoms with E-state index in [9.17, 15) is 18.8 Å². The topological polar surface area (TPSA) is 117 Å². The van der Waals surface area contributed by atoms with E-state index in [4.69, 9.17) is 5.73 Å². The fraction of sp³-hybridized carbons (Fsp3) is 0.318. The molecular formula is C22H22FN7O3S. The first-order chi connectivity index (χ1) is 16.4. The Morgan fingerprint density at radius 3 is 2.59 bits per heavy atom. The molecule has 2 aromatic heterocycles. The summed E-state index contributed by atoms with van der Waals surface area (Å²) in [5, 5.41) is 7.57. The second-order valence-corrected chi connectivity index (χ2v) is 9.07. The fourth-order valence-electron chi connectivity index (χ4n) is 4.18. The smallest absolute Gasteiger partial charge is 0.270 e. The molecule has 0 radical (unpaired) electrons. The van der Waals surface area contributed by atoms with Gasteiger partial charge < -0.3 is 10.6 Å². The Kier molecular flexibility index (Phi) is 5.84. The van der Waals surface area contributed by atoms with Gasteiger partial charge in [-0.1, -0.05) is 0 Å². The number of amides is 2. The Balaban J connectivity index is 1.24. The van der Waals surface area contributed by atoms with Crippen LogP contribution in [0.3, 0.4) is 0 Å². The molecule has 2 aliphatic rings. The van der Waals surface area contributed by atoms with Crippen LogP contribution in [0.5, 0.6) is 0 Å². The highest BCUT2D eigenvalue weighted by atomic mass is 32.1. The van der Waals surface area contributed by atoms with Gasteiger partial charge in [0.2, 0.25) is 5.91 Å². The van der Waals surface area contributed by atoms with Crippen molar-refractivity contribution in [2.45, 2.75) is 19.0 Å². The molecule has 1 aromatic carbocycles. The van der Waals surface area contributed by atoms with E-state index in [-0.39, 0.29) is 23.6 Å². The predicted molar refractivity (Wildman–Crippen MR) is 125 cm³/mol. The summed E-state index contributed by atoms with van der Waals surface area (Å²) in [6.45, 7) is 2.72. The molecule has 4 heterocycles. The van der Waals surface area contributed by atoms with Crippen LogP contribution >= 0.6 is 11.3 Å². The normalized spacial score (nSPS) is 19.0. The Labute approximate surface area is 197 Å². The number of primary amides is 1. The number of hydrogen-bond donors (Lipinski definition) is 1. The van der Waals surface area contributed by atoms with Crippen LogP contribution in [0.15, 0.2) is 51.8 Å². The minimum Gasteiger partial charge on any atom is -0.368 e. The third-order valence-electron chi connectivity index (χ3n) is 5.98. The fourth-order valence-corrected chi connectivity index (χ4v) is 4.92. The Hall–Kier alpha value is -3.64. The summed E-state index contributed by atoms with van der Waals surface area (Å²) in [7, 11) is 0. The number of anilines is 1. The van der Waals surface area contributed by atoms with Crippen LogP contribution in [-0.2, 0) is 16.1 Å². The third kappa shape index (κ3) is 4.29. The van der Waals surface area contributed by atoms with Crippen molar-refractivity contribution in [3.8, 4) is 0 Å². The lowest BCUT2D eigenvalue weighted by Crippen LogP contribution is -2.50. The Bertz CT molecular complexity index is 1330. The zero-order valence-corrected chi connectivity index (χ0v) is 18.9. The molecule has 5 rings (SSSR count). The van der Waals surface area contributed by atoms with Crippen molar-refractivity contribution in [1.82, 2.24) is 19.2 Å². The number of hydrazone groups is 1. The number of rotatable bonds is 5. The standard InChI is InChI=1S/C22H22FN7O3S/c23-14-1-3-16(4-2-14)30-18(20(24)32)12-17(26-30)21(33)28-7-5-27(6-8-28)13-15-11-19(31)29-9-10-34-22(29)25-15/h1-4,9-11,18H,5-8,12-13H2,(H2,24,32). The van der Waals surface area contributed by atoms with Gasteiger partial charge in [0.15, 0.2) is 4.96 Å². The number of fused-ring (bicyclic) bond motifs is 1. The van der Waals surface area contributed by atoms with Gasteiger partial charge in [-0.25, -0.2) is 9.37 Å². The van der Waals surface area contributed by atoms with E-state index in [2.05, 4.69) is 15.0 Å². The summed E-state index contributed by atoms with van der Waals surface area (Å²) in [5.74, 6) is -1.26. The van der Waals surface area contributed by atoms with E-state index in [1.54, 1.807) is 17.2 Å². The Morgan fingerprint density at radius 1 is 1.15 bits per heavy atom. The van der Waals surface area contributed by atoms with Crippen LogP contribution in [0.2, 0.25) is 0 Å². The number of aromatic nitrogens is 2. The van der Waals surface area contributed by atoms with Gasteiger partial charge in [0.05, 0.1) is 11.4 Å². The third-order valence-corrected chi connectivity index (χ3v) is 6.73. The van der Waals surface area contributed by atoms with E-state index >= 15 is 0 Å². The van der Waals surface area contributed by atoms with Crippen molar-refractivity contribution in [2.75, 3.05) is 31.2 Å². The zero-order chi connectivity index (χ0) is 23.8. The molecule has 2 N–H and O–H groups in total. The maximum atomic E-state index is 13.3. The molecule has 1 fully saturated rings. The second-order valence-electron chi connectivity index (χ2n) is 8.20. The molecular weight excluding hydrogens is 461 g/mol. The minimum atomic E-state index is -0.803. The van der Waals surface area contributed by atoms with Crippen LogP contribution in [0.25, 0.3) is 4.96 Å². The van der Waals surface area contributed by atoms with Crippen LogP contribution in [-0.4, -0.2) is 68.9 Å². The van der Waals surface area contributed by atoms with Crippen molar-refractivity contribution in [2.24, 2.45) is 10.8 Å². The van der Waals surface area contributed by atoms with E-state index in [0.717, 1.165) is 0 Å². The number of hydrogen-bond acceptors (Lipinski definition) is 8. The second kappa shape index (κ2) is 8.95. The largest absolute Gasteiger partial charge is 0.368 e. The minimum absolute atomic E-state index is 0.0977. The number of benzene rings is 1. The van der Waals surface area contributed by atoms with Crippen molar-refractivity contribution in [3.05, 3.63) is 63.8 Å². The number of halogens is 1. The van der Waals surface area contributed by atoms with Crippen molar-refractivity contribution in [3.63, 3.8) is 0 Å². The zero-order valence-electron chi connectivity index (χ0n) is 18.1. The summed E-state index contributed by atoms with van der Waals surface area (Å²) >= 11 is 1.41. The summed E-state index contributed by atoms with van der Waals surface area (Å²) in [6, 6.07) is 6.26.